The average Bonchev–Trinajstić information content (AvgIpc) is 3.58. The molecule has 2 aromatic heterocycles. The minimum absolute atomic E-state index is 0.0111. The average molecular weight is 574 g/mol. The maximum atomic E-state index is 13.1. The molecule has 3 aromatic rings. The van der Waals surface area contributed by atoms with E-state index in [-0.39, 0.29) is 29.7 Å². The van der Waals surface area contributed by atoms with E-state index in [2.05, 4.69) is 10.4 Å². The van der Waals surface area contributed by atoms with Gasteiger partial charge in [0.1, 0.15) is 22.7 Å². The van der Waals surface area contributed by atoms with Crippen molar-refractivity contribution in [1.82, 2.24) is 24.5 Å². The third-order valence-corrected chi connectivity index (χ3v) is 7.67. The Morgan fingerprint density at radius 1 is 1.22 bits per heavy atom. The number of primary amides is 1. The number of rotatable bonds is 6. The van der Waals surface area contributed by atoms with Crippen molar-refractivity contribution < 1.29 is 27.5 Å². The zero-order valence-corrected chi connectivity index (χ0v) is 23.5. The molecule has 5 rings (SSSR count). The molecular formula is C28H34F3N7O3. The summed E-state index contributed by atoms with van der Waals surface area (Å²) in [5.41, 5.74) is 5.97. The van der Waals surface area contributed by atoms with Crippen molar-refractivity contribution in [3.05, 3.63) is 53.3 Å². The third kappa shape index (κ3) is 5.75. The lowest BCUT2D eigenvalue weighted by atomic mass is 9.65. The highest BCUT2D eigenvalue weighted by Crippen LogP contribution is 2.55. The highest BCUT2D eigenvalue weighted by molar-refractivity contribution is 6.03. The van der Waals surface area contributed by atoms with Crippen LogP contribution in [-0.2, 0) is 17.5 Å². The zero-order valence-electron chi connectivity index (χ0n) is 23.5. The number of alkyl halides is 3. The van der Waals surface area contributed by atoms with Crippen LogP contribution in [0.4, 0.5) is 23.8 Å². The lowest BCUT2D eigenvalue weighted by molar-refractivity contribution is -0.137. The minimum atomic E-state index is -4.44. The standard InChI is InChI=1S/C28H34F3N7O3/c1-26(2,3)41-25(40)36-9-8-27(16-36)11-20(12-27)38-24(33-4)21(23(32)39)22(35-38)18-13-34-37(15-18)14-17-6-5-7-19(10-17)28(29,30)31/h5-7,10,13,15,20,33H,8-9,11-12,14,16H2,1-4H3,(H2,32,39). The summed E-state index contributed by atoms with van der Waals surface area (Å²) in [5.74, 6) is -0.174. The van der Waals surface area contributed by atoms with Crippen LogP contribution in [0, 0.1) is 5.41 Å². The number of nitrogens with zero attached hydrogens (tertiary/aromatic N) is 5. The van der Waals surface area contributed by atoms with E-state index >= 15 is 0 Å². The lowest BCUT2D eigenvalue weighted by Crippen LogP contribution is -2.43. The normalized spacial score (nSPS) is 20.8. The highest BCUT2D eigenvalue weighted by atomic mass is 19.4. The van der Waals surface area contributed by atoms with Gasteiger partial charge < -0.3 is 20.7 Å². The summed E-state index contributed by atoms with van der Waals surface area (Å²) in [7, 11) is 1.69. The predicted molar refractivity (Wildman–Crippen MR) is 145 cm³/mol. The Labute approximate surface area is 235 Å². The third-order valence-electron chi connectivity index (χ3n) is 7.67. The summed E-state index contributed by atoms with van der Waals surface area (Å²) < 4.78 is 48.2. The fourth-order valence-electron chi connectivity index (χ4n) is 5.84. The van der Waals surface area contributed by atoms with E-state index in [0.717, 1.165) is 31.4 Å². The largest absolute Gasteiger partial charge is 0.444 e. The maximum Gasteiger partial charge on any atom is 0.416 e. The minimum Gasteiger partial charge on any atom is -0.444 e. The molecule has 3 N–H and O–H groups in total. The molecule has 0 unspecified atom stereocenters. The molecule has 1 aliphatic heterocycles. The number of carbonyl (C=O) groups is 2. The molecule has 0 atom stereocenters. The number of nitrogens with one attached hydrogen (secondary N) is 1. The number of benzene rings is 1. The fraction of sp³-hybridized carbons (Fsp3) is 0.500. The number of aromatic nitrogens is 4. The topological polar surface area (TPSA) is 120 Å². The number of halogens is 3. The van der Waals surface area contributed by atoms with Gasteiger partial charge in [-0.2, -0.15) is 23.4 Å². The molecule has 1 saturated heterocycles. The van der Waals surface area contributed by atoms with E-state index in [1.807, 2.05) is 20.8 Å². The molecule has 0 bridgehead atoms. The molecule has 2 amide bonds. The van der Waals surface area contributed by atoms with Crippen molar-refractivity contribution in [3.8, 4) is 11.3 Å². The van der Waals surface area contributed by atoms with Crippen molar-refractivity contribution >= 4 is 17.8 Å². The Hall–Kier alpha value is -4.03. The van der Waals surface area contributed by atoms with Gasteiger partial charge in [-0.25, -0.2) is 9.48 Å². The lowest BCUT2D eigenvalue weighted by Gasteiger charge is -2.45. The Kier molecular flexibility index (Phi) is 7.03. The Morgan fingerprint density at radius 2 is 1.95 bits per heavy atom. The number of anilines is 1. The molecule has 1 aliphatic carbocycles. The number of hydrogen-bond acceptors (Lipinski definition) is 6. The monoisotopic (exact) mass is 573 g/mol. The van der Waals surface area contributed by atoms with Crippen molar-refractivity contribution in [2.24, 2.45) is 11.1 Å². The molecule has 2 fully saturated rings. The van der Waals surface area contributed by atoms with Gasteiger partial charge >= 0.3 is 12.3 Å². The smallest absolute Gasteiger partial charge is 0.416 e. The number of likely N-dealkylation sites (tertiary alicyclic amines) is 1. The van der Waals surface area contributed by atoms with Gasteiger partial charge in [0, 0.05) is 31.9 Å². The van der Waals surface area contributed by atoms with E-state index in [0.29, 0.717) is 35.7 Å². The second-order valence-corrected chi connectivity index (χ2v) is 12.0. The Morgan fingerprint density at radius 3 is 2.59 bits per heavy atom. The molecule has 1 spiro atoms. The zero-order chi connectivity index (χ0) is 29.7. The van der Waals surface area contributed by atoms with Crippen LogP contribution in [0.15, 0.2) is 36.7 Å². The molecule has 10 nitrogen and oxygen atoms in total. The van der Waals surface area contributed by atoms with Gasteiger partial charge in [0.05, 0.1) is 24.3 Å². The van der Waals surface area contributed by atoms with Gasteiger partial charge in [0.2, 0.25) is 0 Å². The fourth-order valence-corrected chi connectivity index (χ4v) is 5.84. The second kappa shape index (κ2) is 10.1. The van der Waals surface area contributed by atoms with Crippen molar-refractivity contribution in [1.29, 1.82) is 0 Å². The van der Waals surface area contributed by atoms with Crippen molar-refractivity contribution in [2.45, 2.75) is 64.4 Å². The SMILES string of the molecule is CNc1c(C(N)=O)c(-c2cnn(Cc3cccc(C(F)(F)F)c3)c2)nn1C1CC2(CCN(C(=O)OC(C)(C)C)C2)C1. The van der Waals surface area contributed by atoms with Crippen molar-refractivity contribution in [3.63, 3.8) is 0 Å². The van der Waals surface area contributed by atoms with Crippen LogP contribution in [0.5, 0.6) is 0 Å². The molecule has 13 heteroatoms. The first-order valence-electron chi connectivity index (χ1n) is 13.4. The first kappa shape index (κ1) is 28.5. The first-order chi connectivity index (χ1) is 19.2. The van der Waals surface area contributed by atoms with E-state index in [4.69, 9.17) is 15.6 Å². The van der Waals surface area contributed by atoms with Crippen LogP contribution in [0.25, 0.3) is 11.3 Å². The van der Waals surface area contributed by atoms with Crippen LogP contribution < -0.4 is 11.1 Å². The van der Waals surface area contributed by atoms with Gasteiger partial charge in [-0.1, -0.05) is 12.1 Å². The van der Waals surface area contributed by atoms with Crippen LogP contribution in [0.2, 0.25) is 0 Å². The summed E-state index contributed by atoms with van der Waals surface area (Å²) in [6, 6.07) is 5.05. The van der Waals surface area contributed by atoms with Crippen LogP contribution >= 0.6 is 0 Å². The van der Waals surface area contributed by atoms with Gasteiger partial charge in [0.25, 0.3) is 5.91 Å². The number of hydrogen-bond donors (Lipinski definition) is 2. The number of ether oxygens (including phenoxy) is 1. The van der Waals surface area contributed by atoms with Crippen LogP contribution in [0.3, 0.4) is 0 Å². The van der Waals surface area contributed by atoms with E-state index in [9.17, 15) is 22.8 Å². The number of nitrogens with two attached hydrogens (primary N) is 1. The number of amides is 2. The summed E-state index contributed by atoms with van der Waals surface area (Å²) in [4.78, 5) is 26.9. The van der Waals surface area contributed by atoms with E-state index < -0.39 is 23.2 Å². The quantitative estimate of drug-likeness (QED) is 0.432. The van der Waals surface area contributed by atoms with Crippen molar-refractivity contribution in [2.75, 3.05) is 25.5 Å². The molecule has 220 valence electrons. The first-order valence-corrected chi connectivity index (χ1v) is 13.4. The summed E-state index contributed by atoms with van der Waals surface area (Å²) in [6.45, 7) is 6.87. The summed E-state index contributed by atoms with van der Waals surface area (Å²) in [5, 5.41) is 12.1. The summed E-state index contributed by atoms with van der Waals surface area (Å²) >= 11 is 0. The maximum absolute atomic E-state index is 13.1. The highest BCUT2D eigenvalue weighted by Gasteiger charge is 2.51. The molecule has 1 saturated carbocycles. The molecule has 3 heterocycles. The molecule has 41 heavy (non-hydrogen) atoms. The predicted octanol–water partition coefficient (Wildman–Crippen LogP) is 4.92. The summed E-state index contributed by atoms with van der Waals surface area (Å²) in [6.07, 6.45) is 0.806. The Balaban J connectivity index is 1.35. The Bertz CT molecular complexity index is 1470. The van der Waals surface area contributed by atoms with Gasteiger partial charge in [-0.3, -0.25) is 9.48 Å². The van der Waals surface area contributed by atoms with E-state index in [1.54, 1.807) is 28.9 Å². The van der Waals surface area contributed by atoms with Crippen LogP contribution in [-0.4, -0.2) is 62.2 Å². The van der Waals surface area contributed by atoms with Crippen LogP contribution in [0.1, 0.15) is 67.6 Å². The van der Waals surface area contributed by atoms with Gasteiger partial charge in [-0.15, -0.1) is 0 Å². The molecular weight excluding hydrogens is 539 g/mol. The molecule has 1 aromatic carbocycles. The molecule has 0 radical (unpaired) electrons. The second-order valence-electron chi connectivity index (χ2n) is 12.0. The van der Waals surface area contributed by atoms with Gasteiger partial charge in [-0.05, 0) is 63.1 Å². The number of carbonyl (C=O) groups excluding carboxylic acids is 2. The van der Waals surface area contributed by atoms with Gasteiger partial charge in [0.15, 0.2) is 0 Å². The molecule has 2 aliphatic rings. The van der Waals surface area contributed by atoms with E-state index in [1.165, 1.54) is 16.9 Å².